The highest BCUT2D eigenvalue weighted by Gasteiger charge is 2.10. The van der Waals surface area contributed by atoms with E-state index in [1.54, 1.807) is 17.3 Å². The van der Waals surface area contributed by atoms with Gasteiger partial charge in [-0.1, -0.05) is 32.4 Å². The van der Waals surface area contributed by atoms with Crippen LogP contribution in [-0.2, 0) is 0 Å². The van der Waals surface area contributed by atoms with Crippen LogP contribution in [0.2, 0.25) is 0 Å². The molecule has 0 saturated carbocycles. The molecule has 0 nitrogen and oxygen atoms in total. The molecule has 0 N–H and O–H groups in total. The van der Waals surface area contributed by atoms with Crippen LogP contribution in [0, 0.1) is 0 Å². The van der Waals surface area contributed by atoms with Crippen molar-refractivity contribution in [3.05, 3.63) is 10.4 Å². The second-order valence-corrected chi connectivity index (χ2v) is 5.23. The van der Waals surface area contributed by atoms with E-state index in [0.29, 0.717) is 0 Å². The number of hydrogen-bond acceptors (Lipinski definition) is 1. The second-order valence-electron chi connectivity index (χ2n) is 2.93. The van der Waals surface area contributed by atoms with Crippen molar-refractivity contribution in [1.29, 1.82) is 0 Å². The zero-order chi connectivity index (χ0) is 7.49. The highest BCUT2D eigenvalue weighted by molar-refractivity contribution is 8.04. The maximum atomic E-state index is 5.48. The van der Waals surface area contributed by atoms with Gasteiger partial charge in [-0.25, -0.2) is 0 Å². The molecule has 0 radical (unpaired) electrons. The van der Waals surface area contributed by atoms with E-state index in [1.807, 2.05) is 6.92 Å². The van der Waals surface area contributed by atoms with Gasteiger partial charge < -0.3 is 0 Å². The summed E-state index contributed by atoms with van der Waals surface area (Å²) in [5.41, 5.74) is 1.62. The number of halogens is 1. The lowest BCUT2D eigenvalue weighted by Gasteiger charge is -2.16. The van der Waals surface area contributed by atoms with Crippen LogP contribution in [0.3, 0.4) is 0 Å². The molecule has 0 spiro atoms. The maximum Gasteiger partial charge on any atom is 0.0135 e. The Labute approximate surface area is 66.7 Å². The third kappa shape index (κ3) is 6.26. The molecular weight excluding hydrogens is 152 g/mol. The molecule has 2 heteroatoms. The summed E-state index contributed by atoms with van der Waals surface area (Å²) in [6.45, 7) is 8.52. The van der Waals surface area contributed by atoms with Gasteiger partial charge in [0.15, 0.2) is 0 Å². The lowest BCUT2D eigenvalue weighted by Crippen LogP contribution is -2.06. The van der Waals surface area contributed by atoms with Crippen molar-refractivity contribution in [1.82, 2.24) is 0 Å². The molecule has 0 heterocycles. The number of rotatable bonds is 1. The van der Waals surface area contributed by atoms with E-state index >= 15 is 0 Å². The molecule has 9 heavy (non-hydrogen) atoms. The molecule has 0 amide bonds. The van der Waals surface area contributed by atoms with Crippen LogP contribution in [0.15, 0.2) is 10.4 Å². The van der Waals surface area contributed by atoms with E-state index in [0.717, 1.165) is 0 Å². The van der Waals surface area contributed by atoms with E-state index in [9.17, 15) is 0 Å². The van der Waals surface area contributed by atoms with Gasteiger partial charge in [-0.05, 0) is 11.8 Å². The van der Waals surface area contributed by atoms with Crippen LogP contribution in [0.25, 0.3) is 0 Å². The minimum absolute atomic E-state index is 0.287. The minimum Gasteiger partial charge on any atom is -0.124 e. The van der Waals surface area contributed by atoms with Crippen LogP contribution in [0.1, 0.15) is 27.7 Å². The third-order valence-electron chi connectivity index (χ3n) is 0.621. The summed E-state index contributed by atoms with van der Waals surface area (Å²) < 4.78 is 0.287. The average molecular weight is 165 g/mol. The fourth-order valence-corrected chi connectivity index (χ4v) is 1.65. The monoisotopic (exact) mass is 164 g/mol. The molecule has 0 aliphatic rings. The normalized spacial score (nSPS) is 14.1. The van der Waals surface area contributed by atoms with E-state index in [1.165, 1.54) is 4.91 Å². The summed E-state index contributed by atoms with van der Waals surface area (Å²) >= 11 is 7.26. The van der Waals surface area contributed by atoms with Crippen molar-refractivity contribution in [2.45, 2.75) is 32.4 Å². The highest BCUT2D eigenvalue weighted by Crippen LogP contribution is 2.30. The van der Waals surface area contributed by atoms with E-state index in [-0.39, 0.29) is 4.75 Å². The quantitative estimate of drug-likeness (QED) is 0.571. The molecule has 0 aliphatic carbocycles. The summed E-state index contributed by atoms with van der Waals surface area (Å²) in [6, 6.07) is 0. The van der Waals surface area contributed by atoms with Gasteiger partial charge in [0, 0.05) is 10.3 Å². The molecular formula is C7H13ClS. The van der Waals surface area contributed by atoms with Crippen molar-refractivity contribution in [3.63, 3.8) is 0 Å². The Balaban J connectivity index is 3.75. The van der Waals surface area contributed by atoms with Gasteiger partial charge in [-0.3, -0.25) is 0 Å². The lowest BCUT2D eigenvalue weighted by molar-refractivity contribution is 0.806. The fourth-order valence-electron chi connectivity index (χ4n) is 0.505. The van der Waals surface area contributed by atoms with Gasteiger partial charge >= 0.3 is 0 Å². The summed E-state index contributed by atoms with van der Waals surface area (Å²) in [6.07, 6.45) is 0. The van der Waals surface area contributed by atoms with Gasteiger partial charge in [0.2, 0.25) is 0 Å². The topological polar surface area (TPSA) is 0 Å². The summed E-state index contributed by atoms with van der Waals surface area (Å²) in [5.74, 6) is 0. The third-order valence-corrected chi connectivity index (χ3v) is 2.13. The average Bonchev–Trinajstić information content (AvgIpc) is 1.62. The Morgan fingerprint density at radius 3 is 2.00 bits per heavy atom. The first-order chi connectivity index (χ1) is 3.95. The van der Waals surface area contributed by atoms with Crippen molar-refractivity contribution in [3.8, 4) is 0 Å². The van der Waals surface area contributed by atoms with Gasteiger partial charge in [-0.2, -0.15) is 0 Å². The molecule has 0 rings (SSSR count). The van der Waals surface area contributed by atoms with Crippen LogP contribution >= 0.6 is 23.4 Å². The Morgan fingerprint density at radius 1 is 1.44 bits per heavy atom. The lowest BCUT2D eigenvalue weighted by atomic mass is 10.3. The maximum absolute atomic E-state index is 5.48. The van der Waals surface area contributed by atoms with E-state index in [4.69, 9.17) is 11.6 Å². The number of allylic oxidation sites excluding steroid dienone is 1. The summed E-state index contributed by atoms with van der Waals surface area (Å²) in [5, 5.41) is 0. The first kappa shape index (κ1) is 9.38. The Hall–Kier alpha value is 0.380. The van der Waals surface area contributed by atoms with Crippen molar-refractivity contribution in [2.24, 2.45) is 0 Å². The van der Waals surface area contributed by atoms with Gasteiger partial charge in [0.1, 0.15) is 0 Å². The summed E-state index contributed by atoms with van der Waals surface area (Å²) in [4.78, 5) is 1.17. The van der Waals surface area contributed by atoms with Gasteiger partial charge in [0.25, 0.3) is 0 Å². The standard InChI is InChI=1S/C7H13ClS/c1-6(5-8)9-7(2,3)4/h5H,1-4H3/b6-5+. The molecule has 0 aromatic heterocycles. The van der Waals surface area contributed by atoms with Gasteiger partial charge in [0.05, 0.1) is 0 Å². The van der Waals surface area contributed by atoms with Crippen LogP contribution in [-0.4, -0.2) is 4.75 Å². The molecule has 0 saturated heterocycles. The molecule has 54 valence electrons. The molecule has 0 aliphatic heterocycles. The molecule has 0 fully saturated rings. The van der Waals surface area contributed by atoms with E-state index in [2.05, 4.69) is 20.8 Å². The Kier molecular flexibility index (Phi) is 3.67. The summed E-state index contributed by atoms with van der Waals surface area (Å²) in [7, 11) is 0. The zero-order valence-electron chi connectivity index (χ0n) is 6.36. The van der Waals surface area contributed by atoms with E-state index < -0.39 is 0 Å². The molecule has 0 bridgehead atoms. The number of hydrogen-bond donors (Lipinski definition) is 0. The van der Waals surface area contributed by atoms with Gasteiger partial charge in [-0.15, -0.1) is 11.8 Å². The first-order valence-electron chi connectivity index (χ1n) is 2.92. The minimum atomic E-state index is 0.287. The smallest absolute Gasteiger partial charge is 0.0135 e. The first-order valence-corrected chi connectivity index (χ1v) is 4.17. The highest BCUT2D eigenvalue weighted by atomic mass is 35.5. The van der Waals surface area contributed by atoms with Crippen molar-refractivity contribution >= 4 is 23.4 Å². The molecule has 0 aromatic rings. The molecule has 0 unspecified atom stereocenters. The Morgan fingerprint density at radius 2 is 1.89 bits per heavy atom. The van der Waals surface area contributed by atoms with Crippen molar-refractivity contribution < 1.29 is 0 Å². The predicted octanol–water partition coefficient (Wildman–Crippen LogP) is 3.62. The molecule has 0 atom stereocenters. The number of thioether (sulfide) groups is 1. The Bertz CT molecular complexity index is 111. The van der Waals surface area contributed by atoms with Crippen molar-refractivity contribution in [2.75, 3.05) is 0 Å². The van der Waals surface area contributed by atoms with Crippen LogP contribution in [0.4, 0.5) is 0 Å². The van der Waals surface area contributed by atoms with Crippen LogP contribution < -0.4 is 0 Å². The largest absolute Gasteiger partial charge is 0.124 e. The predicted molar refractivity (Wildman–Crippen MR) is 47.0 cm³/mol. The van der Waals surface area contributed by atoms with Crippen LogP contribution in [0.5, 0.6) is 0 Å². The zero-order valence-corrected chi connectivity index (χ0v) is 7.94. The fraction of sp³-hybridized carbons (Fsp3) is 0.714. The second kappa shape index (κ2) is 3.52. The SMILES string of the molecule is C/C(=C\Cl)SC(C)(C)C. The molecule has 0 aromatic carbocycles.